The number of rotatable bonds is 4. The largest absolute Gasteiger partial charge is 0.442 e. The van der Waals surface area contributed by atoms with Gasteiger partial charge >= 0.3 is 6.09 Å². The van der Waals surface area contributed by atoms with Crippen LogP contribution < -0.4 is 5.32 Å². The molecule has 11 heavy (non-hydrogen) atoms. The maximum absolute atomic E-state index is 10.6. The maximum atomic E-state index is 10.6. The van der Waals surface area contributed by atoms with E-state index in [9.17, 15) is 9.59 Å². The van der Waals surface area contributed by atoms with Crippen molar-refractivity contribution in [1.29, 1.82) is 0 Å². The van der Waals surface area contributed by atoms with Gasteiger partial charge in [0.2, 0.25) is 0 Å². The molecule has 0 atom stereocenters. The Hall–Kier alpha value is -1.06. The molecule has 0 heterocycles. The van der Waals surface area contributed by atoms with Crippen molar-refractivity contribution in [1.82, 2.24) is 5.32 Å². The minimum absolute atomic E-state index is 0.0729. The number of ketones is 1. The van der Waals surface area contributed by atoms with E-state index in [1.807, 2.05) is 0 Å². The molecular weight excluding hydrogens is 146 g/mol. The van der Waals surface area contributed by atoms with Crippen molar-refractivity contribution in [2.75, 3.05) is 13.2 Å². The van der Waals surface area contributed by atoms with Gasteiger partial charge in [-0.3, -0.25) is 4.79 Å². The molecule has 1 N–H and O–H groups in total. The van der Waals surface area contributed by atoms with Crippen LogP contribution in [0.4, 0.5) is 4.79 Å². The molecule has 0 aliphatic heterocycles. The van der Waals surface area contributed by atoms with Gasteiger partial charge in [0.1, 0.15) is 0 Å². The first-order chi connectivity index (χ1) is 5.20. The molecule has 0 fully saturated rings. The summed E-state index contributed by atoms with van der Waals surface area (Å²) in [5.74, 6) is -0.0729. The monoisotopic (exact) mass is 159 g/mol. The molecule has 0 aliphatic carbocycles. The third-order valence-corrected chi connectivity index (χ3v) is 1.08. The molecule has 0 aromatic rings. The summed E-state index contributed by atoms with van der Waals surface area (Å²) in [6.07, 6.45) is -0.131. The van der Waals surface area contributed by atoms with E-state index < -0.39 is 6.09 Å². The van der Waals surface area contributed by atoms with Gasteiger partial charge in [0.25, 0.3) is 0 Å². The smallest absolute Gasteiger partial charge is 0.407 e. The zero-order valence-corrected chi connectivity index (χ0v) is 6.85. The van der Waals surface area contributed by atoms with Crippen LogP contribution in [0.2, 0.25) is 0 Å². The number of hydrogen-bond donors (Lipinski definition) is 1. The third kappa shape index (κ3) is 5.39. The number of hydrogen-bond acceptors (Lipinski definition) is 3. The molecular formula is C7H13NO3. The summed E-state index contributed by atoms with van der Waals surface area (Å²) in [5.41, 5.74) is 0. The van der Waals surface area contributed by atoms with Crippen LogP contribution in [0, 0.1) is 0 Å². The highest BCUT2D eigenvalue weighted by molar-refractivity contribution is 5.81. The Labute approximate surface area is 65.9 Å². The van der Waals surface area contributed by atoms with E-state index in [1.54, 1.807) is 13.8 Å². The summed E-state index contributed by atoms with van der Waals surface area (Å²) in [5, 5.41) is 2.41. The number of carbonyl (C=O) groups excluding carboxylic acids is 2. The van der Waals surface area contributed by atoms with E-state index in [2.05, 4.69) is 10.1 Å². The van der Waals surface area contributed by atoms with Crippen molar-refractivity contribution >= 4 is 11.9 Å². The van der Waals surface area contributed by atoms with Crippen molar-refractivity contribution in [3.63, 3.8) is 0 Å². The fourth-order valence-electron chi connectivity index (χ4n) is 0.443. The Morgan fingerprint density at radius 3 is 2.45 bits per heavy atom. The maximum Gasteiger partial charge on any atom is 0.407 e. The molecule has 4 heteroatoms. The summed E-state index contributed by atoms with van der Waals surface area (Å²) in [6, 6.07) is 0. The summed E-state index contributed by atoms with van der Waals surface area (Å²) in [6.45, 7) is 3.90. The molecule has 0 radical (unpaired) electrons. The van der Waals surface area contributed by atoms with E-state index in [1.165, 1.54) is 0 Å². The normalized spacial score (nSPS) is 8.91. The van der Waals surface area contributed by atoms with E-state index in [4.69, 9.17) is 0 Å². The molecule has 0 aliphatic rings. The topological polar surface area (TPSA) is 55.4 Å². The molecule has 0 unspecified atom stereocenters. The summed E-state index contributed by atoms with van der Waals surface area (Å²) >= 11 is 0. The average Bonchev–Trinajstić information content (AvgIpc) is 2.01. The summed E-state index contributed by atoms with van der Waals surface area (Å²) in [7, 11) is 0. The van der Waals surface area contributed by atoms with Crippen molar-refractivity contribution in [3.8, 4) is 0 Å². The molecule has 0 spiro atoms. The van der Waals surface area contributed by atoms with Crippen LogP contribution in [-0.4, -0.2) is 25.0 Å². The van der Waals surface area contributed by atoms with Crippen LogP contribution in [0.5, 0.6) is 0 Å². The van der Waals surface area contributed by atoms with Crippen molar-refractivity contribution in [3.05, 3.63) is 0 Å². The fraction of sp³-hybridized carbons (Fsp3) is 0.714. The first-order valence-corrected chi connectivity index (χ1v) is 3.63. The van der Waals surface area contributed by atoms with Crippen LogP contribution in [-0.2, 0) is 9.53 Å². The van der Waals surface area contributed by atoms with Gasteiger partial charge in [-0.15, -0.1) is 0 Å². The number of Topliss-reactive ketones (excluding diaryl/α,β-unsaturated/α-hetero) is 1. The van der Waals surface area contributed by atoms with Crippen LogP contribution in [0.15, 0.2) is 0 Å². The molecule has 4 nitrogen and oxygen atoms in total. The molecule has 0 saturated heterocycles. The number of alkyl carbamates (subject to hydrolysis) is 1. The molecule has 64 valence electrons. The van der Waals surface area contributed by atoms with Gasteiger partial charge in [0.15, 0.2) is 12.4 Å². The number of carbonyl (C=O) groups is 2. The van der Waals surface area contributed by atoms with E-state index in [0.717, 1.165) is 0 Å². The molecule has 0 rings (SSSR count). The second-order valence-corrected chi connectivity index (χ2v) is 2.00. The van der Waals surface area contributed by atoms with Crippen molar-refractivity contribution < 1.29 is 14.3 Å². The minimum Gasteiger partial charge on any atom is -0.442 e. The van der Waals surface area contributed by atoms with Gasteiger partial charge in [-0.2, -0.15) is 0 Å². The Morgan fingerprint density at radius 1 is 1.36 bits per heavy atom. The second-order valence-electron chi connectivity index (χ2n) is 2.00. The van der Waals surface area contributed by atoms with Crippen molar-refractivity contribution in [2.45, 2.75) is 20.3 Å². The molecule has 0 aromatic heterocycles. The highest BCUT2D eigenvalue weighted by Crippen LogP contribution is 1.83. The molecule has 1 amide bonds. The van der Waals surface area contributed by atoms with Gasteiger partial charge in [0, 0.05) is 13.0 Å². The lowest BCUT2D eigenvalue weighted by Gasteiger charge is -2.02. The van der Waals surface area contributed by atoms with Crippen LogP contribution >= 0.6 is 0 Å². The third-order valence-electron chi connectivity index (χ3n) is 1.08. The van der Waals surface area contributed by atoms with Crippen LogP contribution in [0.1, 0.15) is 20.3 Å². The van der Waals surface area contributed by atoms with Gasteiger partial charge in [-0.05, 0) is 6.92 Å². The predicted octanol–water partition coefficient (Wildman–Crippen LogP) is 0.712. The SMILES string of the molecule is CCNC(=O)OCC(=O)CC. The van der Waals surface area contributed by atoms with Gasteiger partial charge in [-0.25, -0.2) is 4.79 Å². The van der Waals surface area contributed by atoms with E-state index >= 15 is 0 Å². The first-order valence-electron chi connectivity index (χ1n) is 3.63. The first kappa shape index (κ1) is 9.94. The summed E-state index contributed by atoms with van der Waals surface area (Å²) < 4.78 is 4.54. The Balaban J connectivity index is 3.38. The molecule has 0 aromatic carbocycles. The zero-order chi connectivity index (χ0) is 8.69. The highest BCUT2D eigenvalue weighted by atomic mass is 16.5. The second kappa shape index (κ2) is 5.70. The lowest BCUT2D eigenvalue weighted by Crippen LogP contribution is -2.25. The standard InChI is InChI=1S/C7H13NO3/c1-3-6(9)5-11-7(10)8-4-2/h3-5H2,1-2H3,(H,8,10). The Bertz CT molecular complexity index is 145. The molecule has 0 bridgehead atoms. The number of amides is 1. The summed E-state index contributed by atoms with van der Waals surface area (Å²) in [4.78, 5) is 21.2. The number of ether oxygens (including phenoxy) is 1. The van der Waals surface area contributed by atoms with E-state index in [-0.39, 0.29) is 12.4 Å². The average molecular weight is 159 g/mol. The Morgan fingerprint density at radius 2 is 2.00 bits per heavy atom. The predicted molar refractivity (Wildman–Crippen MR) is 40.3 cm³/mol. The van der Waals surface area contributed by atoms with Gasteiger partial charge in [0.05, 0.1) is 0 Å². The van der Waals surface area contributed by atoms with Crippen LogP contribution in [0.3, 0.4) is 0 Å². The number of nitrogens with one attached hydrogen (secondary N) is 1. The van der Waals surface area contributed by atoms with E-state index in [0.29, 0.717) is 13.0 Å². The lowest BCUT2D eigenvalue weighted by molar-refractivity contribution is -0.121. The van der Waals surface area contributed by atoms with Crippen LogP contribution in [0.25, 0.3) is 0 Å². The zero-order valence-electron chi connectivity index (χ0n) is 6.85. The highest BCUT2D eigenvalue weighted by Gasteiger charge is 2.02. The van der Waals surface area contributed by atoms with Gasteiger partial charge in [-0.1, -0.05) is 6.92 Å². The molecule has 0 saturated carbocycles. The fourth-order valence-corrected chi connectivity index (χ4v) is 0.443. The Kier molecular flexibility index (Phi) is 5.15. The lowest BCUT2D eigenvalue weighted by atomic mass is 10.3. The quantitative estimate of drug-likeness (QED) is 0.657. The minimum atomic E-state index is -0.533. The van der Waals surface area contributed by atoms with Crippen molar-refractivity contribution in [2.24, 2.45) is 0 Å². The van der Waals surface area contributed by atoms with Gasteiger partial charge < -0.3 is 10.1 Å².